The number of hydrogen-bond donors (Lipinski definition) is 2. The Labute approximate surface area is 131 Å². The summed E-state index contributed by atoms with van der Waals surface area (Å²) >= 11 is 0. The minimum absolute atomic E-state index is 0.404. The van der Waals surface area contributed by atoms with Crippen molar-refractivity contribution in [1.82, 2.24) is 15.2 Å². The SMILES string of the molecule is CC(C)[C@H]1C[C@H](CNc2cccc(-c3ncn[nH]3)c2)CCO1. The Morgan fingerprint density at radius 2 is 2.32 bits per heavy atom. The van der Waals surface area contributed by atoms with Gasteiger partial charge in [0.1, 0.15) is 6.33 Å². The summed E-state index contributed by atoms with van der Waals surface area (Å²) in [6.45, 7) is 6.35. The molecule has 0 bridgehead atoms. The lowest BCUT2D eigenvalue weighted by molar-refractivity contribution is -0.0314. The largest absolute Gasteiger partial charge is 0.385 e. The molecule has 1 aromatic carbocycles. The van der Waals surface area contributed by atoms with E-state index in [0.717, 1.165) is 43.1 Å². The Hall–Kier alpha value is -1.88. The van der Waals surface area contributed by atoms with Crippen molar-refractivity contribution in [2.24, 2.45) is 11.8 Å². The third kappa shape index (κ3) is 3.65. The first kappa shape index (κ1) is 15.0. The van der Waals surface area contributed by atoms with Gasteiger partial charge < -0.3 is 10.1 Å². The molecule has 1 aliphatic heterocycles. The smallest absolute Gasteiger partial charge is 0.155 e. The summed E-state index contributed by atoms with van der Waals surface area (Å²) in [5.74, 6) is 2.07. The van der Waals surface area contributed by atoms with Gasteiger partial charge in [-0.1, -0.05) is 26.0 Å². The first-order valence-corrected chi connectivity index (χ1v) is 8.03. The zero-order valence-electron chi connectivity index (χ0n) is 13.2. The highest BCUT2D eigenvalue weighted by atomic mass is 16.5. The summed E-state index contributed by atoms with van der Waals surface area (Å²) < 4.78 is 5.84. The minimum Gasteiger partial charge on any atom is -0.385 e. The van der Waals surface area contributed by atoms with Gasteiger partial charge in [-0.25, -0.2) is 4.98 Å². The second-order valence-electron chi connectivity index (χ2n) is 6.34. The van der Waals surface area contributed by atoms with E-state index in [9.17, 15) is 0 Å². The molecule has 5 nitrogen and oxygen atoms in total. The predicted octanol–water partition coefficient (Wildman–Crippen LogP) is 3.33. The number of nitrogens with zero attached hydrogens (tertiary/aromatic N) is 2. The molecule has 2 aromatic rings. The van der Waals surface area contributed by atoms with Gasteiger partial charge in [-0.2, -0.15) is 5.10 Å². The Morgan fingerprint density at radius 3 is 3.09 bits per heavy atom. The van der Waals surface area contributed by atoms with Crippen LogP contribution in [0.2, 0.25) is 0 Å². The maximum atomic E-state index is 5.84. The summed E-state index contributed by atoms with van der Waals surface area (Å²) in [5.41, 5.74) is 2.18. The molecule has 2 atom stereocenters. The van der Waals surface area contributed by atoms with E-state index in [2.05, 4.69) is 46.5 Å². The van der Waals surface area contributed by atoms with E-state index in [4.69, 9.17) is 4.74 Å². The maximum Gasteiger partial charge on any atom is 0.155 e. The summed E-state index contributed by atoms with van der Waals surface area (Å²) in [7, 11) is 0. The lowest BCUT2D eigenvalue weighted by Crippen LogP contribution is -2.32. The van der Waals surface area contributed by atoms with Gasteiger partial charge in [0.15, 0.2) is 5.82 Å². The number of benzene rings is 1. The highest BCUT2D eigenvalue weighted by Gasteiger charge is 2.24. The first-order chi connectivity index (χ1) is 10.7. The van der Waals surface area contributed by atoms with Crippen molar-refractivity contribution in [3.8, 4) is 11.4 Å². The molecule has 5 heteroatoms. The van der Waals surface area contributed by atoms with Gasteiger partial charge in [0.25, 0.3) is 0 Å². The highest BCUT2D eigenvalue weighted by Crippen LogP contribution is 2.26. The van der Waals surface area contributed by atoms with Gasteiger partial charge in [-0.3, -0.25) is 5.10 Å². The zero-order valence-corrected chi connectivity index (χ0v) is 13.2. The van der Waals surface area contributed by atoms with Crippen LogP contribution in [-0.4, -0.2) is 34.4 Å². The number of aromatic nitrogens is 3. The van der Waals surface area contributed by atoms with Crippen molar-refractivity contribution < 1.29 is 4.74 Å². The Kier molecular flexibility index (Phi) is 4.73. The second kappa shape index (κ2) is 6.92. The van der Waals surface area contributed by atoms with Crippen LogP contribution in [0.4, 0.5) is 5.69 Å². The molecule has 118 valence electrons. The number of nitrogens with one attached hydrogen (secondary N) is 2. The van der Waals surface area contributed by atoms with Crippen LogP contribution in [0.5, 0.6) is 0 Å². The standard InChI is InChI=1S/C17H24N4O/c1-12(2)16-8-13(6-7-22-16)10-18-15-5-3-4-14(9-15)17-19-11-20-21-17/h3-5,9,11-13,16,18H,6-8,10H2,1-2H3,(H,19,20,21)/t13-,16-/m1/s1. The second-order valence-corrected chi connectivity index (χ2v) is 6.34. The molecule has 1 aromatic heterocycles. The molecular weight excluding hydrogens is 276 g/mol. The van der Waals surface area contributed by atoms with E-state index < -0.39 is 0 Å². The maximum absolute atomic E-state index is 5.84. The third-order valence-corrected chi connectivity index (χ3v) is 4.31. The molecule has 0 aliphatic carbocycles. The quantitative estimate of drug-likeness (QED) is 0.889. The van der Waals surface area contributed by atoms with Crippen LogP contribution in [0.25, 0.3) is 11.4 Å². The molecule has 0 saturated carbocycles. The van der Waals surface area contributed by atoms with Gasteiger partial charge in [0.05, 0.1) is 6.10 Å². The van der Waals surface area contributed by atoms with E-state index in [-0.39, 0.29) is 0 Å². The van der Waals surface area contributed by atoms with Crippen LogP contribution < -0.4 is 5.32 Å². The first-order valence-electron chi connectivity index (χ1n) is 8.03. The van der Waals surface area contributed by atoms with Crippen molar-refractivity contribution in [1.29, 1.82) is 0 Å². The topological polar surface area (TPSA) is 62.8 Å². The fourth-order valence-electron chi connectivity index (χ4n) is 2.93. The Balaban J connectivity index is 1.58. The number of anilines is 1. The number of rotatable bonds is 5. The molecule has 1 saturated heterocycles. The predicted molar refractivity (Wildman–Crippen MR) is 87.6 cm³/mol. The molecule has 0 unspecified atom stereocenters. The van der Waals surface area contributed by atoms with Crippen molar-refractivity contribution in [3.05, 3.63) is 30.6 Å². The highest BCUT2D eigenvalue weighted by molar-refractivity contribution is 5.61. The van der Waals surface area contributed by atoms with E-state index in [0.29, 0.717) is 17.9 Å². The van der Waals surface area contributed by atoms with Crippen LogP contribution in [0, 0.1) is 11.8 Å². The fourth-order valence-corrected chi connectivity index (χ4v) is 2.93. The molecule has 2 N–H and O–H groups in total. The van der Waals surface area contributed by atoms with Gasteiger partial charge in [-0.15, -0.1) is 0 Å². The average molecular weight is 300 g/mol. The third-order valence-electron chi connectivity index (χ3n) is 4.31. The van der Waals surface area contributed by atoms with E-state index in [1.165, 1.54) is 6.33 Å². The van der Waals surface area contributed by atoms with Crippen LogP contribution in [0.15, 0.2) is 30.6 Å². The van der Waals surface area contributed by atoms with E-state index >= 15 is 0 Å². The van der Waals surface area contributed by atoms with E-state index in [1.54, 1.807) is 0 Å². The molecule has 22 heavy (non-hydrogen) atoms. The number of hydrogen-bond acceptors (Lipinski definition) is 4. The minimum atomic E-state index is 0.404. The molecule has 0 amide bonds. The van der Waals surface area contributed by atoms with E-state index in [1.807, 2.05) is 12.1 Å². The summed E-state index contributed by atoms with van der Waals surface area (Å²) in [6, 6.07) is 8.29. The van der Waals surface area contributed by atoms with Crippen molar-refractivity contribution in [2.75, 3.05) is 18.5 Å². The molecule has 0 radical (unpaired) electrons. The summed E-state index contributed by atoms with van der Waals surface area (Å²) in [6.07, 6.45) is 4.22. The van der Waals surface area contributed by atoms with Crippen LogP contribution in [0.1, 0.15) is 26.7 Å². The zero-order chi connectivity index (χ0) is 15.4. The number of ether oxygens (including phenoxy) is 1. The van der Waals surface area contributed by atoms with Gasteiger partial charge in [-0.05, 0) is 36.8 Å². The van der Waals surface area contributed by atoms with Crippen LogP contribution >= 0.6 is 0 Å². The molecule has 0 spiro atoms. The number of H-pyrrole nitrogens is 1. The fraction of sp³-hybridized carbons (Fsp3) is 0.529. The monoisotopic (exact) mass is 300 g/mol. The molecule has 1 fully saturated rings. The van der Waals surface area contributed by atoms with Gasteiger partial charge in [0.2, 0.25) is 0 Å². The Morgan fingerprint density at radius 1 is 1.41 bits per heavy atom. The number of aromatic amines is 1. The van der Waals surface area contributed by atoms with Crippen LogP contribution in [0.3, 0.4) is 0 Å². The van der Waals surface area contributed by atoms with Crippen molar-refractivity contribution >= 4 is 5.69 Å². The van der Waals surface area contributed by atoms with Gasteiger partial charge >= 0.3 is 0 Å². The lowest BCUT2D eigenvalue weighted by Gasteiger charge is -2.32. The summed E-state index contributed by atoms with van der Waals surface area (Å²) in [5, 5.41) is 10.4. The normalized spacial score (nSPS) is 22.0. The van der Waals surface area contributed by atoms with Crippen molar-refractivity contribution in [2.45, 2.75) is 32.8 Å². The molecule has 3 rings (SSSR count). The summed E-state index contributed by atoms with van der Waals surface area (Å²) in [4.78, 5) is 4.20. The van der Waals surface area contributed by atoms with Crippen molar-refractivity contribution in [3.63, 3.8) is 0 Å². The molecule has 1 aliphatic rings. The Bertz CT molecular complexity index is 582. The lowest BCUT2D eigenvalue weighted by atomic mass is 9.90. The average Bonchev–Trinajstić information content (AvgIpc) is 3.08. The van der Waals surface area contributed by atoms with Gasteiger partial charge in [0, 0.05) is 24.4 Å². The molecule has 2 heterocycles. The molecular formula is C17H24N4O. The van der Waals surface area contributed by atoms with Crippen LogP contribution in [-0.2, 0) is 4.74 Å².